The molecule has 0 aliphatic carbocycles. The van der Waals surface area contributed by atoms with Crippen LogP contribution in [0.25, 0.3) is 33.5 Å². The summed E-state index contributed by atoms with van der Waals surface area (Å²) in [7, 11) is 1.76. The summed E-state index contributed by atoms with van der Waals surface area (Å²) < 4.78 is 107. The zero-order valence-corrected chi connectivity index (χ0v) is 28.9. The van der Waals surface area contributed by atoms with Crippen molar-refractivity contribution in [2.45, 2.75) is 41.3 Å². The molecule has 8 rings (SSSR count). The van der Waals surface area contributed by atoms with Gasteiger partial charge in [-0.25, -0.2) is 4.57 Å². The Balaban J connectivity index is 1.51. The number of hydrogen-bond donors (Lipinski definition) is 0. The van der Waals surface area contributed by atoms with Crippen molar-refractivity contribution < 1.29 is 21.0 Å². The quantitative estimate of drug-likeness (QED) is 0.142. The predicted molar refractivity (Wildman–Crippen MR) is 221 cm³/mol. The van der Waals surface area contributed by atoms with Crippen LogP contribution in [-0.2, 0) is 7.05 Å². The third-order valence-corrected chi connectivity index (χ3v) is 10.4. The van der Waals surface area contributed by atoms with Crippen molar-refractivity contribution in [3.63, 3.8) is 0 Å². The van der Waals surface area contributed by atoms with Crippen LogP contribution in [0.5, 0.6) is 0 Å². The number of aromatic nitrogens is 1. The van der Waals surface area contributed by atoms with Gasteiger partial charge in [-0.1, -0.05) is 176 Å². The molecule has 246 valence electrons. The number of hydrogen-bond acceptors (Lipinski definition) is 0. The van der Waals surface area contributed by atoms with E-state index in [1.165, 1.54) is 0 Å². The van der Waals surface area contributed by atoms with Crippen molar-refractivity contribution in [2.24, 2.45) is 7.05 Å². The molecule has 1 aromatic heterocycles. The number of rotatable bonds is 5. The lowest BCUT2D eigenvalue weighted by Crippen LogP contribution is -2.76. The lowest BCUT2D eigenvalue weighted by Gasteiger charge is -2.35. The van der Waals surface area contributed by atoms with E-state index in [1.807, 2.05) is 117 Å². The minimum Gasteiger partial charge on any atom is -0.201 e. The normalized spacial score (nSPS) is 16.6. The molecule has 1 aliphatic heterocycles. The average molecular weight is 669 g/mol. The van der Waals surface area contributed by atoms with Gasteiger partial charge in [0.15, 0.2) is 6.20 Å². The summed E-state index contributed by atoms with van der Waals surface area (Å²) in [4.78, 5) is 0. The topological polar surface area (TPSA) is 3.88 Å². The molecule has 51 heavy (non-hydrogen) atoms. The van der Waals surface area contributed by atoms with Crippen molar-refractivity contribution in [2.75, 3.05) is 0 Å². The van der Waals surface area contributed by atoms with Crippen LogP contribution in [-0.4, -0.2) is 13.4 Å². The monoisotopic (exact) mass is 668 g/mol. The number of benzene rings is 6. The first kappa shape index (κ1) is 21.7. The van der Waals surface area contributed by atoms with E-state index in [2.05, 4.69) is 0 Å². The fourth-order valence-corrected chi connectivity index (χ4v) is 8.14. The molecule has 3 heteroatoms. The molecule has 0 saturated carbocycles. The van der Waals surface area contributed by atoms with E-state index in [0.717, 1.165) is 33.3 Å². The smallest absolute Gasteiger partial charge is 0.201 e. The minimum absolute atomic E-state index is 0.0968. The third kappa shape index (κ3) is 5.75. The van der Waals surface area contributed by atoms with E-state index >= 15 is 0 Å². The van der Waals surface area contributed by atoms with Gasteiger partial charge in [-0.3, -0.25) is 0 Å². The van der Waals surface area contributed by atoms with Gasteiger partial charge in [0.2, 0.25) is 19.1 Å². The number of nitrogens with zero attached hydrogens (tertiary/aromatic N) is 1. The maximum atomic E-state index is 9.00. The Morgan fingerprint density at radius 1 is 0.451 bits per heavy atom. The van der Waals surface area contributed by atoms with Gasteiger partial charge in [0.05, 0.1) is 0 Å². The van der Waals surface area contributed by atoms with E-state index in [1.54, 1.807) is 48.1 Å². The van der Waals surface area contributed by atoms with Gasteiger partial charge >= 0.3 is 0 Å². The summed E-state index contributed by atoms with van der Waals surface area (Å²) in [5, 5.41) is 0. The van der Waals surface area contributed by atoms with Crippen LogP contribution in [0.2, 0.25) is 0 Å². The first-order valence-corrected chi connectivity index (χ1v) is 17.2. The lowest BCUT2D eigenvalue weighted by molar-refractivity contribution is -0.660. The maximum absolute atomic E-state index is 9.00. The Bertz CT molecular complexity index is 2850. The van der Waals surface area contributed by atoms with Crippen molar-refractivity contribution in [3.8, 4) is 33.5 Å². The molecule has 0 bridgehead atoms. The van der Waals surface area contributed by atoms with Gasteiger partial charge in [0, 0.05) is 33.6 Å². The van der Waals surface area contributed by atoms with Crippen LogP contribution < -0.4 is 37.3 Å². The zero-order chi connectivity index (χ0) is 45.4. The molecule has 0 fully saturated rings. The standard InChI is InChI=1S/C48H44B2N/c1-31-22-23-46(51(7)30-31)41-29-45-44(28-32(41)2)49(47-33(3)24-39(25-34(47)4)37-16-10-8-11-17-37)42-20-14-15-21-43(42)50(45)48-35(5)26-40(27-36(48)6)38-18-12-9-13-19-38/h8-30H,1-7H3/q+1/i1D3,3D3,5D3,6D3. The Kier molecular flexibility index (Phi) is 5.56. The van der Waals surface area contributed by atoms with E-state index in [-0.39, 0.29) is 27.7 Å². The SMILES string of the molecule is [2H]C([2H])([2H])c1ccc(-c2cc3c(cc2C)B(c2c(C)cc(-c4ccccc4)cc2C([2H])([2H])[2H])c2ccccc2B3c2c(C([2H])([2H])[2H])cc(-c3ccccc3)cc2C([2H])([2H])[2H])[n+](C)c1. The number of pyridine rings is 1. The molecule has 6 aromatic carbocycles. The van der Waals surface area contributed by atoms with Gasteiger partial charge in [-0.2, -0.15) is 0 Å². The molecule has 1 nitrogen and oxygen atoms in total. The number of aryl methyl sites for hydroxylation is 7. The maximum Gasteiger partial charge on any atom is 0.240 e. The Hall–Kier alpha value is -5.40. The molecule has 1 aliphatic rings. The van der Waals surface area contributed by atoms with Crippen LogP contribution in [0, 0.1) is 41.3 Å². The summed E-state index contributed by atoms with van der Waals surface area (Å²) in [5.41, 5.74) is 9.29. The molecule has 0 unspecified atom stereocenters. The summed E-state index contributed by atoms with van der Waals surface area (Å²) in [6.07, 6.45) is 1.57. The van der Waals surface area contributed by atoms with E-state index < -0.39 is 40.8 Å². The highest BCUT2D eigenvalue weighted by atomic mass is 14.9. The average Bonchev–Trinajstić information content (AvgIpc) is 3.21. The van der Waals surface area contributed by atoms with E-state index in [9.17, 15) is 0 Å². The fraction of sp³-hybridized carbons (Fsp3) is 0.146. The second-order valence-corrected chi connectivity index (χ2v) is 13.7. The molecule has 0 radical (unpaired) electrons. The second-order valence-electron chi connectivity index (χ2n) is 13.7. The number of fused-ring (bicyclic) bond motifs is 2. The predicted octanol–water partition coefficient (Wildman–Crippen LogP) is 6.71. The summed E-state index contributed by atoms with van der Waals surface area (Å²) in [6, 6.07) is 40.5. The highest BCUT2D eigenvalue weighted by Gasteiger charge is 2.41. The van der Waals surface area contributed by atoms with Crippen LogP contribution in [0.15, 0.2) is 140 Å². The van der Waals surface area contributed by atoms with Crippen molar-refractivity contribution in [3.05, 3.63) is 173 Å². The first-order valence-electron chi connectivity index (χ1n) is 23.2. The molecule has 0 saturated heterocycles. The second kappa shape index (κ2) is 13.1. The van der Waals surface area contributed by atoms with Gasteiger partial charge in [0.1, 0.15) is 7.05 Å². The lowest BCUT2D eigenvalue weighted by atomic mass is 9.20. The molecule has 7 aromatic rings. The first-order chi connectivity index (χ1) is 29.5. The Labute approximate surface area is 321 Å². The Morgan fingerprint density at radius 2 is 0.941 bits per heavy atom. The van der Waals surface area contributed by atoms with Crippen LogP contribution in [0.1, 0.15) is 49.8 Å². The summed E-state index contributed by atoms with van der Waals surface area (Å²) in [5.74, 6) is 0. The zero-order valence-electron chi connectivity index (χ0n) is 40.9. The summed E-state index contributed by atoms with van der Waals surface area (Å²) in [6.45, 7) is -8.14. The minimum atomic E-state index is -2.75. The van der Waals surface area contributed by atoms with Crippen molar-refractivity contribution >= 4 is 46.2 Å². The highest BCUT2D eigenvalue weighted by molar-refractivity contribution is 7.11. The molecule has 0 atom stereocenters. The molecule has 0 amide bonds. The molecule has 0 spiro atoms. The van der Waals surface area contributed by atoms with Gasteiger partial charge in [-0.05, 0) is 75.1 Å². The van der Waals surface area contributed by atoms with Crippen LogP contribution in [0.3, 0.4) is 0 Å². The fourth-order valence-electron chi connectivity index (χ4n) is 8.14. The van der Waals surface area contributed by atoms with Gasteiger partial charge in [0.25, 0.3) is 0 Å². The molecular formula is C48H44B2N+. The van der Waals surface area contributed by atoms with Crippen LogP contribution >= 0.6 is 0 Å². The van der Waals surface area contributed by atoms with Crippen molar-refractivity contribution in [1.82, 2.24) is 0 Å². The Morgan fingerprint density at radius 3 is 1.45 bits per heavy atom. The van der Waals surface area contributed by atoms with Gasteiger partial charge < -0.3 is 0 Å². The largest absolute Gasteiger partial charge is 0.240 e. The van der Waals surface area contributed by atoms with Crippen molar-refractivity contribution in [1.29, 1.82) is 0 Å². The summed E-state index contributed by atoms with van der Waals surface area (Å²) >= 11 is 0. The highest BCUT2D eigenvalue weighted by Crippen LogP contribution is 2.25. The van der Waals surface area contributed by atoms with Crippen LogP contribution in [0.4, 0.5) is 0 Å². The molecule has 2 heterocycles. The third-order valence-electron chi connectivity index (χ3n) is 10.4. The van der Waals surface area contributed by atoms with E-state index in [0.29, 0.717) is 38.7 Å². The molecular weight excluding hydrogens is 612 g/mol. The van der Waals surface area contributed by atoms with E-state index in [4.69, 9.17) is 16.4 Å². The molecule has 0 N–H and O–H groups in total. The van der Waals surface area contributed by atoms with Gasteiger partial charge in [-0.15, -0.1) is 0 Å².